The highest BCUT2D eigenvalue weighted by atomic mass is 16.4. The van der Waals surface area contributed by atoms with Crippen molar-refractivity contribution >= 4 is 5.78 Å². The lowest BCUT2D eigenvalue weighted by molar-refractivity contribution is -0.146. The second-order valence-corrected chi connectivity index (χ2v) is 14.5. The van der Waals surface area contributed by atoms with Gasteiger partial charge in [-0.15, -0.1) is 0 Å². The lowest BCUT2D eigenvalue weighted by Gasteiger charge is -2.63. The number of fused-ring (bicyclic) bond motifs is 5. The highest BCUT2D eigenvalue weighted by molar-refractivity contribution is 5.85. The molecule has 9 atom stereocenters. The normalized spacial score (nSPS) is 44.4. The van der Waals surface area contributed by atoms with E-state index in [2.05, 4.69) is 47.6 Å². The topological polar surface area (TPSA) is 77.8 Å². The highest BCUT2D eigenvalue weighted by Crippen LogP contribution is 2.73. The number of hydrogen-bond donors (Lipinski definition) is 3. The van der Waals surface area contributed by atoms with E-state index in [4.69, 9.17) is 0 Å². The van der Waals surface area contributed by atoms with Gasteiger partial charge in [0.1, 0.15) is 11.9 Å². The third-order valence-electron chi connectivity index (χ3n) is 12.0. The van der Waals surface area contributed by atoms with E-state index in [1.54, 1.807) is 19.4 Å². The number of carbonyl (C=O) groups excluding carboxylic acids is 1. The van der Waals surface area contributed by atoms with E-state index in [-0.39, 0.29) is 27.6 Å². The first-order chi connectivity index (χ1) is 15.5. The maximum Gasteiger partial charge on any atom is 0.138 e. The van der Waals surface area contributed by atoms with Crippen LogP contribution in [0, 0.1) is 45.3 Å². The third-order valence-corrected chi connectivity index (χ3v) is 12.0. The Balaban J connectivity index is 1.60. The smallest absolute Gasteiger partial charge is 0.138 e. The van der Waals surface area contributed by atoms with Gasteiger partial charge in [-0.1, -0.05) is 53.2 Å². The molecule has 3 saturated carbocycles. The molecule has 0 aromatic rings. The maximum absolute atomic E-state index is 12.8. The van der Waals surface area contributed by atoms with E-state index in [0.717, 1.165) is 25.7 Å². The molecule has 3 fully saturated rings. The molecule has 4 aliphatic rings. The fraction of sp³-hybridized carbons (Fsp3) is 0.900. The molecule has 0 bridgehead atoms. The van der Waals surface area contributed by atoms with Crippen molar-refractivity contribution in [3.8, 4) is 0 Å². The van der Waals surface area contributed by atoms with E-state index in [1.165, 1.54) is 19.3 Å². The molecule has 0 saturated heterocycles. The van der Waals surface area contributed by atoms with Crippen molar-refractivity contribution in [3.05, 3.63) is 11.6 Å². The fourth-order valence-electron chi connectivity index (χ4n) is 9.61. The first-order valence-electron chi connectivity index (χ1n) is 13.8. The molecule has 34 heavy (non-hydrogen) atoms. The number of aliphatic hydroxyl groups is 3. The minimum absolute atomic E-state index is 0.147. The Morgan fingerprint density at radius 1 is 1.06 bits per heavy atom. The van der Waals surface area contributed by atoms with Crippen LogP contribution in [0.1, 0.15) is 107 Å². The summed E-state index contributed by atoms with van der Waals surface area (Å²) >= 11 is 0. The van der Waals surface area contributed by atoms with Crippen molar-refractivity contribution in [2.24, 2.45) is 45.3 Å². The lowest BCUT2D eigenvalue weighted by atomic mass is 9.41. The number of ketones is 1. The highest BCUT2D eigenvalue weighted by Gasteiger charge is 2.65. The van der Waals surface area contributed by atoms with Crippen LogP contribution in [-0.2, 0) is 4.79 Å². The van der Waals surface area contributed by atoms with Gasteiger partial charge in [-0.3, -0.25) is 4.79 Å². The van der Waals surface area contributed by atoms with Crippen LogP contribution in [0.25, 0.3) is 0 Å². The van der Waals surface area contributed by atoms with E-state index in [9.17, 15) is 20.1 Å². The number of Topliss-reactive ketones (excluding diaryl/α,β-unsaturated/α-hetero) is 1. The lowest BCUT2D eigenvalue weighted by Crippen LogP contribution is -2.57. The molecular weight excluding hydrogens is 424 g/mol. The molecule has 1 unspecified atom stereocenters. The zero-order valence-electron chi connectivity index (χ0n) is 22.9. The number of aliphatic hydroxyl groups excluding tert-OH is 2. The van der Waals surface area contributed by atoms with Crippen LogP contribution in [0.3, 0.4) is 0 Å². The van der Waals surface area contributed by atoms with Gasteiger partial charge in [0.25, 0.3) is 0 Å². The monoisotopic (exact) mass is 474 g/mol. The predicted octanol–water partition coefficient (Wildman–Crippen LogP) is 5.68. The van der Waals surface area contributed by atoms with Crippen molar-refractivity contribution in [2.45, 2.75) is 125 Å². The standard InChI is InChI=1S/C30H50O4/c1-18(17-22(31)25(33)27(4,5)34)19-11-15-30(8)21-9-10-23-26(2,3)24(32)13-14-28(23,6)20(21)12-16-29(19,30)7/h9,18-20,22-23,25,31,33-34H,10-17H2,1-8H3/t18-,19?,20-,22+,23-,25-,28+,29-,30+/m0/s1. The summed E-state index contributed by atoms with van der Waals surface area (Å²) in [5, 5.41) is 31.3. The Hall–Kier alpha value is -0.710. The molecule has 4 rings (SSSR count). The Bertz CT molecular complexity index is 852. The summed E-state index contributed by atoms with van der Waals surface area (Å²) in [7, 11) is 0. The van der Waals surface area contributed by atoms with Crippen LogP contribution in [0.4, 0.5) is 0 Å². The van der Waals surface area contributed by atoms with Crippen LogP contribution in [-0.4, -0.2) is 38.9 Å². The minimum Gasteiger partial charge on any atom is -0.390 e. The van der Waals surface area contributed by atoms with Gasteiger partial charge in [-0.05, 0) is 98.7 Å². The Labute approximate surface area is 207 Å². The van der Waals surface area contributed by atoms with Crippen LogP contribution in [0.15, 0.2) is 11.6 Å². The van der Waals surface area contributed by atoms with Gasteiger partial charge in [-0.25, -0.2) is 0 Å². The summed E-state index contributed by atoms with van der Waals surface area (Å²) in [6.07, 6.45) is 8.46. The summed E-state index contributed by atoms with van der Waals surface area (Å²) in [5.41, 5.74) is 0.630. The fourth-order valence-corrected chi connectivity index (χ4v) is 9.61. The summed E-state index contributed by atoms with van der Waals surface area (Å²) in [5.74, 6) is 2.19. The van der Waals surface area contributed by atoms with Crippen molar-refractivity contribution < 1.29 is 20.1 Å². The van der Waals surface area contributed by atoms with Gasteiger partial charge in [0.15, 0.2) is 0 Å². The van der Waals surface area contributed by atoms with Gasteiger partial charge in [0.2, 0.25) is 0 Å². The van der Waals surface area contributed by atoms with Gasteiger partial charge in [-0.2, -0.15) is 0 Å². The van der Waals surface area contributed by atoms with Gasteiger partial charge < -0.3 is 15.3 Å². The molecule has 0 amide bonds. The second kappa shape index (κ2) is 8.15. The molecule has 4 heteroatoms. The Morgan fingerprint density at radius 2 is 1.71 bits per heavy atom. The Morgan fingerprint density at radius 3 is 2.32 bits per heavy atom. The first-order valence-corrected chi connectivity index (χ1v) is 13.8. The molecule has 0 aromatic heterocycles. The van der Waals surface area contributed by atoms with Gasteiger partial charge >= 0.3 is 0 Å². The van der Waals surface area contributed by atoms with E-state index in [0.29, 0.717) is 30.0 Å². The van der Waals surface area contributed by atoms with E-state index >= 15 is 0 Å². The summed E-state index contributed by atoms with van der Waals surface area (Å²) in [6, 6.07) is 0. The summed E-state index contributed by atoms with van der Waals surface area (Å²) in [4.78, 5) is 12.8. The molecule has 4 nitrogen and oxygen atoms in total. The van der Waals surface area contributed by atoms with Gasteiger partial charge in [0.05, 0.1) is 11.7 Å². The van der Waals surface area contributed by atoms with Crippen molar-refractivity contribution in [1.82, 2.24) is 0 Å². The van der Waals surface area contributed by atoms with Gasteiger partial charge in [0, 0.05) is 11.8 Å². The molecule has 194 valence electrons. The maximum atomic E-state index is 12.8. The van der Waals surface area contributed by atoms with Crippen LogP contribution in [0.5, 0.6) is 0 Å². The number of carbonyl (C=O) groups is 1. The van der Waals surface area contributed by atoms with Crippen molar-refractivity contribution in [2.75, 3.05) is 0 Å². The zero-order valence-corrected chi connectivity index (χ0v) is 22.9. The quantitative estimate of drug-likeness (QED) is 0.448. The van der Waals surface area contributed by atoms with Crippen LogP contribution in [0.2, 0.25) is 0 Å². The molecule has 0 spiro atoms. The number of allylic oxidation sites excluding steroid dienone is 2. The molecule has 0 aromatic carbocycles. The number of hydrogen-bond acceptors (Lipinski definition) is 4. The van der Waals surface area contributed by atoms with E-state index < -0.39 is 17.8 Å². The van der Waals surface area contributed by atoms with Crippen molar-refractivity contribution in [1.29, 1.82) is 0 Å². The molecule has 0 aliphatic heterocycles. The molecule has 4 aliphatic carbocycles. The SMILES string of the molecule is C[C@@H](C[C@@H](O)[C@H](O)C(C)(C)O)C1CC[C@]2(C)C3=CC[C@H]4C(C)(C)C(=O)CC[C@]4(C)[C@H]3CC[C@@]12C. The first kappa shape index (κ1) is 26.4. The average molecular weight is 475 g/mol. The summed E-state index contributed by atoms with van der Waals surface area (Å²) in [6.45, 7) is 17.2. The number of rotatable bonds is 5. The molecule has 0 heterocycles. The zero-order chi connectivity index (χ0) is 25.5. The second-order valence-electron chi connectivity index (χ2n) is 14.5. The largest absolute Gasteiger partial charge is 0.390 e. The summed E-state index contributed by atoms with van der Waals surface area (Å²) < 4.78 is 0. The average Bonchev–Trinajstić information content (AvgIpc) is 3.01. The Kier molecular flexibility index (Phi) is 6.32. The molecule has 0 radical (unpaired) electrons. The van der Waals surface area contributed by atoms with Crippen LogP contribution >= 0.6 is 0 Å². The minimum atomic E-state index is -1.31. The van der Waals surface area contributed by atoms with E-state index in [1.807, 2.05) is 0 Å². The van der Waals surface area contributed by atoms with Crippen molar-refractivity contribution in [3.63, 3.8) is 0 Å². The molecular formula is C30H50O4. The van der Waals surface area contributed by atoms with Crippen LogP contribution < -0.4 is 0 Å². The third kappa shape index (κ3) is 3.60. The predicted molar refractivity (Wildman–Crippen MR) is 136 cm³/mol. The molecule has 3 N–H and O–H groups in total.